The minimum Gasteiger partial charge on any atom is -0.345 e. The fourth-order valence-electron chi connectivity index (χ4n) is 4.17. The third kappa shape index (κ3) is 6.26. The van der Waals surface area contributed by atoms with Gasteiger partial charge in [-0.15, -0.1) is 10.2 Å². The molecule has 0 fully saturated rings. The van der Waals surface area contributed by atoms with E-state index in [4.69, 9.17) is 0 Å². The molecule has 2 heterocycles. The van der Waals surface area contributed by atoms with Crippen LogP contribution in [0.3, 0.4) is 0 Å². The molecule has 1 N–H and O–H groups in total. The second kappa shape index (κ2) is 11.9. The van der Waals surface area contributed by atoms with Crippen LogP contribution in [-0.4, -0.2) is 43.1 Å². The van der Waals surface area contributed by atoms with Crippen LogP contribution in [-0.2, 0) is 18.4 Å². The Kier molecular flexibility index (Phi) is 8.18. The molecule has 1 atom stereocenters. The Morgan fingerprint density at radius 3 is 2.46 bits per heavy atom. The van der Waals surface area contributed by atoms with Gasteiger partial charge < -0.3 is 9.88 Å². The van der Waals surface area contributed by atoms with Crippen LogP contribution in [0.5, 0.6) is 0 Å². The highest BCUT2D eigenvalue weighted by Gasteiger charge is 2.33. The number of halogens is 2. The summed E-state index contributed by atoms with van der Waals surface area (Å²) in [5, 5.41) is 17.9. The molecule has 0 bridgehead atoms. The molecule has 1 aliphatic rings. The van der Waals surface area contributed by atoms with E-state index in [0.29, 0.717) is 23.0 Å². The molecule has 198 valence electrons. The van der Waals surface area contributed by atoms with Gasteiger partial charge in [0.25, 0.3) is 11.8 Å². The maximum absolute atomic E-state index is 13.6. The van der Waals surface area contributed by atoms with E-state index in [9.17, 15) is 14.0 Å². The molecule has 0 saturated heterocycles. The number of rotatable bonds is 8. The number of benzene rings is 3. The van der Waals surface area contributed by atoms with Gasteiger partial charge in [0.1, 0.15) is 5.82 Å². The smallest absolute Gasteiger partial charge is 0.253 e. The molecular weight excluding hydrogens is 583 g/mol. The first-order valence-corrected chi connectivity index (χ1v) is 13.9. The number of nitrogens with zero attached hydrogens (tertiary/aromatic N) is 5. The van der Waals surface area contributed by atoms with Crippen LogP contribution in [0, 0.1) is 5.82 Å². The number of amides is 2. The first kappa shape index (κ1) is 26.8. The minimum absolute atomic E-state index is 0.0805. The minimum atomic E-state index is -0.347. The second-order valence-corrected chi connectivity index (χ2v) is 10.7. The van der Waals surface area contributed by atoms with E-state index in [1.54, 1.807) is 48.0 Å². The van der Waals surface area contributed by atoms with Crippen molar-refractivity contribution in [1.29, 1.82) is 0 Å². The molecule has 0 radical (unpaired) electrons. The lowest BCUT2D eigenvalue weighted by Crippen LogP contribution is -2.28. The van der Waals surface area contributed by atoms with E-state index >= 15 is 0 Å². The average molecular weight is 608 g/mol. The second-order valence-electron chi connectivity index (χ2n) is 8.86. The monoisotopic (exact) mass is 606 g/mol. The summed E-state index contributed by atoms with van der Waals surface area (Å²) in [5.74, 6) is -0.101. The Balaban J connectivity index is 1.27. The fraction of sp³-hybridized carbons (Fsp3) is 0.179. The van der Waals surface area contributed by atoms with Crippen LogP contribution in [0.4, 0.5) is 4.39 Å². The zero-order valence-electron chi connectivity index (χ0n) is 20.9. The van der Waals surface area contributed by atoms with Gasteiger partial charge in [-0.25, -0.2) is 9.40 Å². The van der Waals surface area contributed by atoms with Gasteiger partial charge in [-0.2, -0.15) is 5.10 Å². The van der Waals surface area contributed by atoms with Crippen molar-refractivity contribution in [3.63, 3.8) is 0 Å². The van der Waals surface area contributed by atoms with E-state index in [0.717, 1.165) is 21.3 Å². The lowest BCUT2D eigenvalue weighted by Gasteiger charge is -2.22. The van der Waals surface area contributed by atoms with Crippen LogP contribution in [0.1, 0.15) is 39.8 Å². The molecule has 4 aromatic rings. The van der Waals surface area contributed by atoms with Gasteiger partial charge in [0, 0.05) is 23.5 Å². The third-order valence-electron chi connectivity index (χ3n) is 6.29. The van der Waals surface area contributed by atoms with E-state index in [2.05, 4.69) is 36.5 Å². The summed E-state index contributed by atoms with van der Waals surface area (Å²) < 4.78 is 16.3. The Labute approximate surface area is 237 Å². The number of aromatic nitrogens is 3. The van der Waals surface area contributed by atoms with Crippen molar-refractivity contribution >= 4 is 45.2 Å². The Morgan fingerprint density at radius 2 is 1.74 bits per heavy atom. The number of hydrogen-bond donors (Lipinski definition) is 1. The van der Waals surface area contributed by atoms with Gasteiger partial charge in [0.15, 0.2) is 11.0 Å². The first-order chi connectivity index (χ1) is 18.9. The zero-order valence-corrected chi connectivity index (χ0v) is 23.3. The van der Waals surface area contributed by atoms with Crippen molar-refractivity contribution in [2.45, 2.75) is 24.2 Å². The van der Waals surface area contributed by atoms with E-state index in [1.165, 1.54) is 28.9 Å². The molecule has 3 aromatic carbocycles. The van der Waals surface area contributed by atoms with Crippen LogP contribution < -0.4 is 5.32 Å². The van der Waals surface area contributed by atoms with Crippen molar-refractivity contribution in [3.05, 3.63) is 112 Å². The number of nitrogens with one attached hydrogen (secondary N) is 1. The Bertz CT molecular complexity index is 1510. The molecular formula is C28H24BrFN6O2S. The average Bonchev–Trinajstić information content (AvgIpc) is 3.55. The van der Waals surface area contributed by atoms with Crippen molar-refractivity contribution < 1.29 is 14.0 Å². The summed E-state index contributed by atoms with van der Waals surface area (Å²) in [6, 6.07) is 22.5. The molecule has 1 unspecified atom stereocenters. The van der Waals surface area contributed by atoms with Crippen molar-refractivity contribution in [1.82, 2.24) is 25.1 Å². The molecule has 0 spiro atoms. The molecule has 2 amide bonds. The lowest BCUT2D eigenvalue weighted by molar-refractivity contribution is -0.130. The van der Waals surface area contributed by atoms with E-state index in [-0.39, 0.29) is 36.0 Å². The van der Waals surface area contributed by atoms with Crippen molar-refractivity contribution in [3.8, 4) is 0 Å². The molecule has 0 saturated carbocycles. The summed E-state index contributed by atoms with van der Waals surface area (Å²) in [7, 11) is 1.79. The maximum Gasteiger partial charge on any atom is 0.253 e. The Morgan fingerprint density at radius 1 is 1.03 bits per heavy atom. The quantitative estimate of drug-likeness (QED) is 0.281. The van der Waals surface area contributed by atoms with Crippen LogP contribution >= 0.6 is 27.7 Å². The predicted octanol–water partition coefficient (Wildman–Crippen LogP) is 5.12. The molecule has 1 aliphatic heterocycles. The molecule has 0 aliphatic carbocycles. The van der Waals surface area contributed by atoms with Gasteiger partial charge in [-0.05, 0) is 47.5 Å². The van der Waals surface area contributed by atoms with Crippen molar-refractivity contribution in [2.24, 2.45) is 12.1 Å². The standard InChI is InChI=1S/C28H24BrFN6O2S/c1-35-25(16-31-27(38)20-5-3-2-4-6-20)32-33-28(35)39-17-26(37)36-24(19-9-13-22(30)14-10-19)15-23(34-36)18-7-11-21(29)12-8-18/h2-14,24H,15-17H2,1H3,(H,31,38). The number of carbonyl (C=O) groups is 2. The molecule has 39 heavy (non-hydrogen) atoms. The lowest BCUT2D eigenvalue weighted by atomic mass is 9.98. The van der Waals surface area contributed by atoms with E-state index < -0.39 is 0 Å². The van der Waals surface area contributed by atoms with E-state index in [1.807, 2.05) is 30.3 Å². The molecule has 5 rings (SSSR count). The SMILES string of the molecule is Cn1c(CNC(=O)c2ccccc2)nnc1SCC(=O)N1N=C(c2ccc(Br)cc2)CC1c1ccc(F)cc1. The normalized spacial score (nSPS) is 14.8. The van der Waals surface area contributed by atoms with Crippen LogP contribution in [0.15, 0.2) is 93.6 Å². The largest absolute Gasteiger partial charge is 0.345 e. The fourth-order valence-corrected chi connectivity index (χ4v) is 5.22. The Hall–Kier alpha value is -3.83. The van der Waals surface area contributed by atoms with Gasteiger partial charge in [-0.1, -0.05) is 70.2 Å². The summed E-state index contributed by atoms with van der Waals surface area (Å²) >= 11 is 4.69. The summed E-state index contributed by atoms with van der Waals surface area (Å²) in [4.78, 5) is 25.7. The number of carbonyl (C=O) groups excluding carboxylic acids is 2. The first-order valence-electron chi connectivity index (χ1n) is 12.1. The predicted molar refractivity (Wildman–Crippen MR) is 151 cm³/mol. The zero-order chi connectivity index (χ0) is 27.4. The third-order valence-corrected chi connectivity index (χ3v) is 7.82. The molecule has 1 aromatic heterocycles. The number of hydrogen-bond acceptors (Lipinski definition) is 6. The van der Waals surface area contributed by atoms with Gasteiger partial charge in [0.2, 0.25) is 0 Å². The number of hydrazone groups is 1. The highest BCUT2D eigenvalue weighted by Crippen LogP contribution is 2.34. The molecule has 11 heteroatoms. The maximum atomic E-state index is 13.6. The van der Waals surface area contributed by atoms with Gasteiger partial charge in [0.05, 0.1) is 24.1 Å². The number of thioether (sulfide) groups is 1. The van der Waals surface area contributed by atoms with Crippen LogP contribution in [0.25, 0.3) is 0 Å². The van der Waals surface area contributed by atoms with Gasteiger partial charge >= 0.3 is 0 Å². The summed E-state index contributed by atoms with van der Waals surface area (Å²) in [6.07, 6.45) is 0.513. The summed E-state index contributed by atoms with van der Waals surface area (Å²) in [6.45, 7) is 0.200. The summed E-state index contributed by atoms with van der Waals surface area (Å²) in [5.41, 5.74) is 3.07. The highest BCUT2D eigenvalue weighted by molar-refractivity contribution is 9.10. The van der Waals surface area contributed by atoms with Gasteiger partial charge in [-0.3, -0.25) is 9.59 Å². The van der Waals surface area contributed by atoms with Crippen LogP contribution in [0.2, 0.25) is 0 Å². The topological polar surface area (TPSA) is 92.5 Å². The van der Waals surface area contributed by atoms with Crippen molar-refractivity contribution in [2.75, 3.05) is 5.75 Å². The highest BCUT2D eigenvalue weighted by atomic mass is 79.9. The molecule has 8 nitrogen and oxygen atoms in total.